The van der Waals surface area contributed by atoms with Gasteiger partial charge in [-0.2, -0.15) is 0 Å². The highest BCUT2D eigenvalue weighted by Crippen LogP contribution is 2.16. The van der Waals surface area contributed by atoms with E-state index >= 15 is 0 Å². The van der Waals surface area contributed by atoms with Gasteiger partial charge >= 0.3 is 0 Å². The van der Waals surface area contributed by atoms with Crippen LogP contribution >= 0.6 is 34.2 Å². The van der Waals surface area contributed by atoms with Crippen molar-refractivity contribution in [2.45, 2.75) is 32.5 Å². The molecular weight excluding hydrogens is 387 g/mol. The summed E-state index contributed by atoms with van der Waals surface area (Å²) in [4.78, 5) is 0. The van der Waals surface area contributed by atoms with Gasteiger partial charge in [-0.05, 0) is 41.5 Å². The van der Waals surface area contributed by atoms with Crippen molar-refractivity contribution in [3.05, 3.63) is 51.1 Å². The van der Waals surface area contributed by atoms with Crippen molar-refractivity contribution < 1.29 is 9.47 Å². The molecule has 1 atom stereocenters. The molecule has 0 saturated heterocycles. The molecule has 1 rings (SSSR count). The molecule has 0 aromatic heterocycles. The minimum Gasteiger partial charge on any atom is -0.497 e. The Kier molecular flexibility index (Phi) is 8.98. The second kappa shape index (κ2) is 10.2. The van der Waals surface area contributed by atoms with E-state index < -0.39 is 0 Å². The quantitative estimate of drug-likeness (QED) is 0.534. The van der Waals surface area contributed by atoms with Crippen molar-refractivity contribution in [3.8, 4) is 5.75 Å². The molecule has 0 aliphatic rings. The number of methoxy groups -OCH3 is 1. The Labute approximate surface area is 139 Å². The lowest BCUT2D eigenvalue weighted by molar-refractivity contribution is 0.0446. The summed E-state index contributed by atoms with van der Waals surface area (Å²) in [6, 6.07) is 7.93. The predicted octanol–water partition coefficient (Wildman–Crippen LogP) is 5.45. The van der Waals surface area contributed by atoms with E-state index in [9.17, 15) is 0 Å². The van der Waals surface area contributed by atoms with Crippen LogP contribution in [0.2, 0.25) is 0 Å². The Morgan fingerprint density at radius 1 is 1.30 bits per heavy atom. The van der Waals surface area contributed by atoms with Crippen LogP contribution in [0.4, 0.5) is 0 Å². The van der Waals surface area contributed by atoms with Gasteiger partial charge in [0.15, 0.2) is 0 Å². The third kappa shape index (κ3) is 7.31. The number of ether oxygens (including phenoxy) is 2. The molecule has 4 heteroatoms. The topological polar surface area (TPSA) is 18.5 Å². The fourth-order valence-electron chi connectivity index (χ4n) is 1.67. The van der Waals surface area contributed by atoms with Crippen molar-refractivity contribution in [2.24, 2.45) is 0 Å². The average molecular weight is 407 g/mol. The standard InChI is InChI=1S/C16H20ClIO2/c1-13(17)5-8-16(4-3-11-18)20-12-14-6-9-15(19-2)10-7-14/h3,5-7,9-11,16H,4,8,12H2,1-2H3/b11-3-,13-5+/t16-/m1/s1. The van der Waals surface area contributed by atoms with Crippen LogP contribution in [0, 0.1) is 0 Å². The van der Waals surface area contributed by atoms with Crippen LogP contribution in [-0.4, -0.2) is 13.2 Å². The minimum atomic E-state index is 0.150. The predicted molar refractivity (Wildman–Crippen MR) is 93.6 cm³/mol. The molecule has 20 heavy (non-hydrogen) atoms. The maximum Gasteiger partial charge on any atom is 0.118 e. The van der Waals surface area contributed by atoms with Gasteiger partial charge in [0.2, 0.25) is 0 Å². The van der Waals surface area contributed by atoms with E-state index in [1.165, 1.54) is 0 Å². The van der Waals surface area contributed by atoms with Crippen LogP contribution < -0.4 is 4.74 Å². The Balaban J connectivity index is 2.52. The molecule has 0 amide bonds. The van der Waals surface area contributed by atoms with Crippen LogP contribution in [-0.2, 0) is 11.3 Å². The zero-order valence-electron chi connectivity index (χ0n) is 11.8. The first-order valence-electron chi connectivity index (χ1n) is 6.47. The van der Waals surface area contributed by atoms with E-state index in [4.69, 9.17) is 21.1 Å². The van der Waals surface area contributed by atoms with Crippen molar-refractivity contribution in [1.82, 2.24) is 0 Å². The van der Waals surface area contributed by atoms with E-state index in [1.807, 2.05) is 41.3 Å². The number of hydrogen-bond acceptors (Lipinski definition) is 2. The van der Waals surface area contributed by atoms with Crippen molar-refractivity contribution in [3.63, 3.8) is 0 Å². The zero-order valence-corrected chi connectivity index (χ0v) is 14.7. The maximum absolute atomic E-state index is 5.96. The lowest BCUT2D eigenvalue weighted by Gasteiger charge is -2.15. The smallest absolute Gasteiger partial charge is 0.118 e. The second-order valence-corrected chi connectivity index (χ2v) is 5.72. The molecule has 0 heterocycles. The van der Waals surface area contributed by atoms with Crippen LogP contribution in [0.5, 0.6) is 5.75 Å². The van der Waals surface area contributed by atoms with E-state index in [2.05, 4.69) is 28.7 Å². The molecule has 0 unspecified atom stereocenters. The summed E-state index contributed by atoms with van der Waals surface area (Å²) in [5, 5.41) is 0.807. The van der Waals surface area contributed by atoms with Gasteiger partial charge in [0.25, 0.3) is 0 Å². The highest BCUT2D eigenvalue weighted by Gasteiger charge is 2.06. The Morgan fingerprint density at radius 2 is 2.00 bits per heavy atom. The fourth-order valence-corrected chi connectivity index (χ4v) is 2.05. The van der Waals surface area contributed by atoms with Gasteiger partial charge in [-0.15, -0.1) is 0 Å². The van der Waals surface area contributed by atoms with Gasteiger partial charge in [0.05, 0.1) is 19.8 Å². The maximum atomic E-state index is 5.96. The Bertz CT molecular complexity index is 436. The molecule has 0 aliphatic carbocycles. The number of halogens is 2. The molecule has 0 aliphatic heterocycles. The number of rotatable bonds is 8. The van der Waals surface area contributed by atoms with Crippen LogP contribution in [0.15, 0.2) is 45.5 Å². The highest BCUT2D eigenvalue weighted by atomic mass is 127. The molecule has 1 aromatic carbocycles. The molecule has 0 radical (unpaired) electrons. The Morgan fingerprint density at radius 3 is 2.55 bits per heavy atom. The molecule has 110 valence electrons. The van der Waals surface area contributed by atoms with Gasteiger partial charge < -0.3 is 9.47 Å². The summed E-state index contributed by atoms with van der Waals surface area (Å²) in [6.07, 6.45) is 5.97. The monoisotopic (exact) mass is 406 g/mol. The normalized spacial score (nSPS) is 13.7. The number of allylic oxidation sites excluding steroid dienone is 1. The third-order valence-corrected chi connectivity index (χ3v) is 3.46. The fraction of sp³-hybridized carbons (Fsp3) is 0.375. The van der Waals surface area contributed by atoms with Crippen molar-refractivity contribution in [1.29, 1.82) is 0 Å². The summed E-state index contributed by atoms with van der Waals surface area (Å²) < 4.78 is 13.1. The van der Waals surface area contributed by atoms with E-state index in [-0.39, 0.29) is 6.10 Å². The van der Waals surface area contributed by atoms with Crippen LogP contribution in [0.3, 0.4) is 0 Å². The van der Waals surface area contributed by atoms with E-state index in [1.54, 1.807) is 7.11 Å². The minimum absolute atomic E-state index is 0.150. The van der Waals surface area contributed by atoms with Gasteiger partial charge in [0, 0.05) is 5.03 Å². The van der Waals surface area contributed by atoms with Crippen LogP contribution in [0.1, 0.15) is 25.3 Å². The van der Waals surface area contributed by atoms with Gasteiger partial charge in [-0.3, -0.25) is 0 Å². The van der Waals surface area contributed by atoms with E-state index in [0.29, 0.717) is 6.61 Å². The summed E-state index contributed by atoms with van der Waals surface area (Å²) in [5.41, 5.74) is 1.14. The second-order valence-electron chi connectivity index (χ2n) is 4.41. The van der Waals surface area contributed by atoms with Gasteiger partial charge in [0.1, 0.15) is 5.75 Å². The zero-order chi connectivity index (χ0) is 14.8. The summed E-state index contributed by atoms with van der Waals surface area (Å²) >= 11 is 8.10. The van der Waals surface area contributed by atoms with Crippen molar-refractivity contribution >= 4 is 34.2 Å². The van der Waals surface area contributed by atoms with Crippen LogP contribution in [0.25, 0.3) is 0 Å². The molecule has 0 bridgehead atoms. The van der Waals surface area contributed by atoms with Crippen molar-refractivity contribution in [2.75, 3.05) is 7.11 Å². The summed E-state index contributed by atoms with van der Waals surface area (Å²) in [5.74, 6) is 0.860. The molecule has 0 saturated carbocycles. The largest absolute Gasteiger partial charge is 0.497 e. The summed E-state index contributed by atoms with van der Waals surface area (Å²) in [7, 11) is 1.67. The highest BCUT2D eigenvalue weighted by molar-refractivity contribution is 14.1. The number of benzene rings is 1. The summed E-state index contributed by atoms with van der Waals surface area (Å²) in [6.45, 7) is 2.48. The molecular formula is C16H20ClIO2. The molecule has 0 spiro atoms. The first kappa shape index (κ1) is 17.5. The van der Waals surface area contributed by atoms with Gasteiger partial charge in [-0.1, -0.05) is 58.5 Å². The first-order chi connectivity index (χ1) is 9.65. The molecule has 1 aromatic rings. The first-order valence-corrected chi connectivity index (χ1v) is 8.10. The lowest BCUT2D eigenvalue weighted by Crippen LogP contribution is -2.11. The number of hydrogen-bond donors (Lipinski definition) is 0. The SMILES string of the molecule is COc1ccc(CO[C@H](C/C=C\I)C/C=C(\C)Cl)cc1. The average Bonchev–Trinajstić information content (AvgIpc) is 2.46. The van der Waals surface area contributed by atoms with E-state index in [0.717, 1.165) is 29.2 Å². The molecule has 0 N–H and O–H groups in total. The van der Waals surface area contributed by atoms with Gasteiger partial charge in [-0.25, -0.2) is 0 Å². The lowest BCUT2D eigenvalue weighted by atomic mass is 10.1. The molecule has 0 fully saturated rings. The Hall–Kier alpha value is -0.520. The third-order valence-electron chi connectivity index (χ3n) is 2.79. The molecule has 2 nitrogen and oxygen atoms in total.